The summed E-state index contributed by atoms with van der Waals surface area (Å²) in [6.07, 6.45) is 5.56. The van der Waals surface area contributed by atoms with Gasteiger partial charge in [0, 0.05) is 24.5 Å². The minimum absolute atomic E-state index is 0.0276. The molecule has 1 atom stereocenters. The second-order valence-corrected chi connectivity index (χ2v) is 5.89. The third-order valence-corrected chi connectivity index (χ3v) is 3.88. The summed E-state index contributed by atoms with van der Waals surface area (Å²) in [5.74, 6) is 0. The third-order valence-electron chi connectivity index (χ3n) is 3.63. The van der Waals surface area contributed by atoms with Crippen LogP contribution in [0.4, 0.5) is 5.69 Å². The Morgan fingerprint density at radius 3 is 2.75 bits per heavy atom. The van der Waals surface area contributed by atoms with E-state index < -0.39 is 0 Å². The zero-order valence-electron chi connectivity index (χ0n) is 13.4. The minimum Gasteiger partial charge on any atom is -0.382 e. The van der Waals surface area contributed by atoms with Crippen LogP contribution in [0, 0.1) is 0 Å². The van der Waals surface area contributed by atoms with Crippen LogP contribution in [0.2, 0.25) is 5.02 Å². The number of ether oxygens (including phenoxy) is 1. The molecule has 0 bridgehead atoms. The molecule has 1 aromatic carbocycles. The largest absolute Gasteiger partial charge is 0.382 e. The van der Waals surface area contributed by atoms with Crippen molar-refractivity contribution in [1.82, 2.24) is 14.8 Å². The molecule has 3 rings (SSSR count). The van der Waals surface area contributed by atoms with Gasteiger partial charge in [0.15, 0.2) is 0 Å². The summed E-state index contributed by atoms with van der Waals surface area (Å²) in [6, 6.07) is 13.6. The van der Waals surface area contributed by atoms with Crippen molar-refractivity contribution in [1.29, 1.82) is 0 Å². The van der Waals surface area contributed by atoms with Crippen LogP contribution in [0.5, 0.6) is 0 Å². The number of anilines is 1. The van der Waals surface area contributed by atoms with Gasteiger partial charge in [0.1, 0.15) is 0 Å². The fourth-order valence-corrected chi connectivity index (χ4v) is 2.59. The normalized spacial score (nSPS) is 12.1. The molecule has 0 saturated heterocycles. The van der Waals surface area contributed by atoms with Gasteiger partial charge in [-0.15, -0.1) is 0 Å². The fourth-order valence-electron chi connectivity index (χ4n) is 2.47. The molecule has 0 aliphatic heterocycles. The van der Waals surface area contributed by atoms with Gasteiger partial charge in [0.05, 0.1) is 36.8 Å². The lowest BCUT2D eigenvalue weighted by Crippen LogP contribution is -2.16. The van der Waals surface area contributed by atoms with E-state index in [-0.39, 0.29) is 6.04 Å². The highest BCUT2D eigenvalue weighted by molar-refractivity contribution is 6.30. The van der Waals surface area contributed by atoms with E-state index in [0.29, 0.717) is 13.2 Å². The third kappa shape index (κ3) is 4.34. The molecule has 0 aliphatic carbocycles. The molecule has 0 aliphatic rings. The fraction of sp³-hybridized carbons (Fsp3) is 0.222. The number of pyridine rings is 1. The van der Waals surface area contributed by atoms with E-state index in [1.807, 2.05) is 59.5 Å². The van der Waals surface area contributed by atoms with Crippen LogP contribution >= 0.6 is 11.6 Å². The van der Waals surface area contributed by atoms with Crippen LogP contribution in [0.25, 0.3) is 0 Å². The van der Waals surface area contributed by atoms with Gasteiger partial charge in [-0.1, -0.05) is 29.8 Å². The Kier molecular flexibility index (Phi) is 5.46. The molecule has 2 heterocycles. The average molecular weight is 343 g/mol. The highest BCUT2D eigenvalue weighted by atomic mass is 35.5. The van der Waals surface area contributed by atoms with E-state index in [2.05, 4.69) is 15.4 Å². The summed E-state index contributed by atoms with van der Waals surface area (Å²) in [6.45, 7) is 1.19. The van der Waals surface area contributed by atoms with Crippen LogP contribution in [0.1, 0.15) is 17.3 Å². The van der Waals surface area contributed by atoms with E-state index in [1.54, 1.807) is 13.3 Å². The van der Waals surface area contributed by atoms with Gasteiger partial charge in [0.25, 0.3) is 0 Å². The molecule has 6 heteroatoms. The van der Waals surface area contributed by atoms with Crippen molar-refractivity contribution in [3.05, 3.63) is 77.3 Å². The molecule has 2 aromatic heterocycles. The summed E-state index contributed by atoms with van der Waals surface area (Å²) in [5, 5.41) is 8.56. The molecule has 3 aromatic rings. The molecule has 5 nitrogen and oxygen atoms in total. The molecule has 1 N–H and O–H groups in total. The highest BCUT2D eigenvalue weighted by Gasteiger charge is 2.12. The zero-order chi connectivity index (χ0) is 16.8. The number of methoxy groups -OCH3 is 1. The summed E-state index contributed by atoms with van der Waals surface area (Å²) in [5.41, 5.74) is 3.01. The van der Waals surface area contributed by atoms with Crippen LogP contribution in [0.3, 0.4) is 0 Å². The summed E-state index contributed by atoms with van der Waals surface area (Å²) in [4.78, 5) is 4.32. The van der Waals surface area contributed by atoms with E-state index in [4.69, 9.17) is 16.3 Å². The SMILES string of the molecule is COC[C@@H](Nc1cnn(Cc2ccccn2)c1)c1ccc(Cl)cc1. The number of hydrogen-bond acceptors (Lipinski definition) is 4. The number of rotatable bonds is 7. The first-order chi connectivity index (χ1) is 11.7. The maximum atomic E-state index is 5.96. The Labute approximate surface area is 146 Å². The number of aromatic nitrogens is 3. The highest BCUT2D eigenvalue weighted by Crippen LogP contribution is 2.21. The predicted octanol–water partition coefficient (Wildman–Crippen LogP) is 3.78. The van der Waals surface area contributed by atoms with E-state index >= 15 is 0 Å². The molecule has 0 saturated carbocycles. The van der Waals surface area contributed by atoms with Crippen molar-refractivity contribution in [2.75, 3.05) is 19.0 Å². The van der Waals surface area contributed by atoms with Gasteiger partial charge in [-0.05, 0) is 29.8 Å². The molecule has 0 amide bonds. The molecule has 0 spiro atoms. The predicted molar refractivity (Wildman–Crippen MR) is 95.3 cm³/mol. The van der Waals surface area contributed by atoms with Crippen molar-refractivity contribution >= 4 is 17.3 Å². The Morgan fingerprint density at radius 1 is 1.21 bits per heavy atom. The van der Waals surface area contributed by atoms with Crippen LogP contribution < -0.4 is 5.32 Å². The minimum atomic E-state index is 0.0276. The topological polar surface area (TPSA) is 52.0 Å². The Hall–Kier alpha value is -2.37. The van der Waals surface area contributed by atoms with Gasteiger partial charge in [-0.2, -0.15) is 5.10 Å². The van der Waals surface area contributed by atoms with Crippen molar-refractivity contribution in [2.45, 2.75) is 12.6 Å². The maximum absolute atomic E-state index is 5.96. The molecule has 0 unspecified atom stereocenters. The van der Waals surface area contributed by atoms with Gasteiger partial charge >= 0.3 is 0 Å². The molecular formula is C18H19ClN4O. The Morgan fingerprint density at radius 2 is 2.04 bits per heavy atom. The monoisotopic (exact) mass is 342 g/mol. The lowest BCUT2D eigenvalue weighted by atomic mass is 10.1. The average Bonchev–Trinajstić information content (AvgIpc) is 3.03. The maximum Gasteiger partial charge on any atom is 0.0832 e. The van der Waals surface area contributed by atoms with Crippen molar-refractivity contribution in [2.24, 2.45) is 0 Å². The summed E-state index contributed by atoms with van der Waals surface area (Å²) >= 11 is 5.96. The lowest BCUT2D eigenvalue weighted by Gasteiger charge is -2.18. The summed E-state index contributed by atoms with van der Waals surface area (Å²) < 4.78 is 7.19. The number of nitrogens with zero attached hydrogens (tertiary/aromatic N) is 3. The number of nitrogens with one attached hydrogen (secondary N) is 1. The Balaban J connectivity index is 1.70. The first kappa shape index (κ1) is 16.5. The van der Waals surface area contributed by atoms with Gasteiger partial charge < -0.3 is 10.1 Å². The second kappa shape index (κ2) is 7.95. The first-order valence-electron chi connectivity index (χ1n) is 7.68. The molecule has 0 radical (unpaired) electrons. The van der Waals surface area contributed by atoms with Gasteiger partial charge in [0.2, 0.25) is 0 Å². The molecular weight excluding hydrogens is 324 g/mol. The molecule has 124 valence electrons. The van der Waals surface area contributed by atoms with E-state index in [0.717, 1.165) is 22.0 Å². The number of halogens is 1. The standard InChI is InChI=1S/C18H19ClN4O/c1-24-13-18(14-5-7-15(19)8-6-14)22-17-10-21-23(12-17)11-16-4-2-3-9-20-16/h2-10,12,18,22H,11,13H2,1H3/t18-/m1/s1. The van der Waals surface area contributed by atoms with Crippen molar-refractivity contribution in [3.8, 4) is 0 Å². The van der Waals surface area contributed by atoms with Crippen molar-refractivity contribution < 1.29 is 4.74 Å². The molecule has 0 fully saturated rings. The first-order valence-corrected chi connectivity index (χ1v) is 8.05. The zero-order valence-corrected chi connectivity index (χ0v) is 14.1. The van der Waals surface area contributed by atoms with Crippen LogP contribution in [-0.2, 0) is 11.3 Å². The lowest BCUT2D eigenvalue weighted by molar-refractivity contribution is 0.186. The van der Waals surface area contributed by atoms with E-state index in [9.17, 15) is 0 Å². The van der Waals surface area contributed by atoms with Crippen LogP contribution in [0.15, 0.2) is 61.1 Å². The Bertz CT molecular complexity index is 758. The quantitative estimate of drug-likeness (QED) is 0.710. The van der Waals surface area contributed by atoms with Gasteiger partial charge in [-0.25, -0.2) is 0 Å². The second-order valence-electron chi connectivity index (χ2n) is 5.45. The van der Waals surface area contributed by atoms with Crippen molar-refractivity contribution in [3.63, 3.8) is 0 Å². The number of hydrogen-bond donors (Lipinski definition) is 1. The summed E-state index contributed by atoms with van der Waals surface area (Å²) in [7, 11) is 1.69. The molecule has 24 heavy (non-hydrogen) atoms. The van der Waals surface area contributed by atoms with Gasteiger partial charge in [-0.3, -0.25) is 9.67 Å². The smallest absolute Gasteiger partial charge is 0.0832 e. The number of benzene rings is 1. The van der Waals surface area contributed by atoms with E-state index in [1.165, 1.54) is 0 Å². The van der Waals surface area contributed by atoms with Crippen LogP contribution in [-0.4, -0.2) is 28.5 Å².